The molecule has 1 heterocycles. The van der Waals surface area contributed by atoms with E-state index in [0.717, 1.165) is 35.1 Å². The van der Waals surface area contributed by atoms with Crippen LogP contribution in [0.1, 0.15) is 81.2 Å². The largest absolute Gasteiger partial charge is 0.469 e. The highest BCUT2D eigenvalue weighted by Gasteiger charge is 2.31. The normalized spacial score (nSPS) is 12.2. The van der Waals surface area contributed by atoms with Crippen molar-refractivity contribution in [2.45, 2.75) is 77.7 Å². The molecule has 0 spiro atoms. The van der Waals surface area contributed by atoms with E-state index in [-0.39, 0.29) is 17.8 Å². The molecule has 3 aromatic rings. The summed E-state index contributed by atoms with van der Waals surface area (Å²) in [6.07, 6.45) is 11.1. The van der Waals surface area contributed by atoms with Crippen LogP contribution in [-0.2, 0) is 21.4 Å². The molecular weight excluding hydrogens is 458 g/mol. The summed E-state index contributed by atoms with van der Waals surface area (Å²) >= 11 is 0. The van der Waals surface area contributed by atoms with Crippen LogP contribution in [0.5, 0.6) is 0 Å². The summed E-state index contributed by atoms with van der Waals surface area (Å²) in [4.78, 5) is 16.0. The quantitative estimate of drug-likeness (QED) is 0.279. The summed E-state index contributed by atoms with van der Waals surface area (Å²) < 4.78 is 4.79. The van der Waals surface area contributed by atoms with Gasteiger partial charge in [0.05, 0.1) is 19.1 Å². The first kappa shape index (κ1) is 28.3. The second kappa shape index (κ2) is 12.3. The first-order valence-electron chi connectivity index (χ1n) is 13.4. The van der Waals surface area contributed by atoms with Crippen molar-refractivity contribution in [1.82, 2.24) is 4.98 Å². The van der Waals surface area contributed by atoms with Crippen LogP contribution in [-0.4, -0.2) is 28.8 Å². The van der Waals surface area contributed by atoms with Crippen LogP contribution >= 0.6 is 0 Å². The van der Waals surface area contributed by atoms with Crippen molar-refractivity contribution >= 4 is 12.0 Å². The van der Waals surface area contributed by atoms with Crippen molar-refractivity contribution in [1.29, 1.82) is 0 Å². The second-order valence-corrected chi connectivity index (χ2v) is 9.92. The number of nitrogens with zero attached hydrogens (tertiary/aromatic N) is 1. The topological polar surface area (TPSA) is 59.4 Å². The number of aromatic nitrogens is 1. The van der Waals surface area contributed by atoms with Gasteiger partial charge in [0.2, 0.25) is 0 Å². The van der Waals surface area contributed by atoms with Crippen LogP contribution in [0.25, 0.3) is 17.2 Å². The third-order valence-electron chi connectivity index (χ3n) is 7.97. The molecule has 0 saturated carbocycles. The minimum Gasteiger partial charge on any atom is -0.469 e. The van der Waals surface area contributed by atoms with Crippen molar-refractivity contribution in [2.24, 2.45) is 0 Å². The zero-order valence-corrected chi connectivity index (χ0v) is 23.2. The van der Waals surface area contributed by atoms with Gasteiger partial charge in [-0.15, -0.1) is 0 Å². The van der Waals surface area contributed by atoms with Crippen molar-refractivity contribution in [3.05, 3.63) is 94.8 Å². The van der Waals surface area contributed by atoms with E-state index in [4.69, 9.17) is 4.74 Å². The van der Waals surface area contributed by atoms with Gasteiger partial charge >= 0.3 is 5.97 Å². The van der Waals surface area contributed by atoms with Crippen LogP contribution in [0, 0.1) is 6.92 Å². The first-order chi connectivity index (χ1) is 17.7. The fourth-order valence-corrected chi connectivity index (χ4v) is 5.09. The van der Waals surface area contributed by atoms with Crippen LogP contribution in [0.2, 0.25) is 0 Å². The number of esters is 1. The molecule has 0 atom stereocenters. The lowest BCUT2D eigenvalue weighted by Gasteiger charge is -2.34. The Morgan fingerprint density at radius 2 is 1.54 bits per heavy atom. The van der Waals surface area contributed by atoms with E-state index in [1.807, 2.05) is 32.2 Å². The number of rotatable bonds is 11. The number of carbonyl (C=O) groups is 1. The smallest absolute Gasteiger partial charge is 0.310 e. The lowest BCUT2D eigenvalue weighted by molar-refractivity contribution is -0.139. The maximum atomic E-state index is 11.7. The number of ether oxygens (including phenoxy) is 1. The van der Waals surface area contributed by atoms with E-state index in [1.165, 1.54) is 23.8 Å². The van der Waals surface area contributed by atoms with E-state index in [0.29, 0.717) is 12.8 Å². The minimum atomic E-state index is -0.752. The molecule has 0 unspecified atom stereocenters. The number of carbonyl (C=O) groups excluding carboxylic acids is 1. The molecule has 0 saturated heterocycles. The Labute approximate surface area is 222 Å². The summed E-state index contributed by atoms with van der Waals surface area (Å²) in [6.45, 7) is 10.7. The molecule has 0 aliphatic heterocycles. The highest BCUT2D eigenvalue weighted by molar-refractivity contribution is 5.73. The van der Waals surface area contributed by atoms with Gasteiger partial charge < -0.3 is 9.84 Å². The molecule has 4 nitrogen and oxygen atoms in total. The van der Waals surface area contributed by atoms with E-state index in [2.05, 4.69) is 74.3 Å². The number of hydrogen-bond donors (Lipinski definition) is 1. The molecule has 0 bridgehead atoms. The SMILES string of the molecule is CCC(O)(C=Cc1ccc(C(CC)(CC)c2ccc(-c3cncc(CC(=O)OC)c3)cc2)cc1C)CC. The van der Waals surface area contributed by atoms with Gasteiger partial charge in [-0.2, -0.15) is 0 Å². The summed E-state index contributed by atoms with van der Waals surface area (Å²) in [5.74, 6) is -0.270. The highest BCUT2D eigenvalue weighted by atomic mass is 16.5. The van der Waals surface area contributed by atoms with Gasteiger partial charge in [0.25, 0.3) is 0 Å². The second-order valence-electron chi connectivity index (χ2n) is 9.92. The van der Waals surface area contributed by atoms with E-state index >= 15 is 0 Å². The zero-order valence-electron chi connectivity index (χ0n) is 23.2. The predicted octanol–water partition coefficient (Wildman–Crippen LogP) is 7.44. The molecule has 0 aliphatic rings. The molecule has 1 N–H and O–H groups in total. The molecule has 2 aromatic carbocycles. The first-order valence-corrected chi connectivity index (χ1v) is 13.4. The van der Waals surface area contributed by atoms with Gasteiger partial charge in [0, 0.05) is 23.4 Å². The summed E-state index contributed by atoms with van der Waals surface area (Å²) in [5.41, 5.74) is 6.99. The summed E-state index contributed by atoms with van der Waals surface area (Å²) in [6, 6.07) is 17.5. The van der Waals surface area contributed by atoms with Gasteiger partial charge in [-0.05, 0) is 72.1 Å². The summed E-state index contributed by atoms with van der Waals surface area (Å²) in [7, 11) is 1.40. The van der Waals surface area contributed by atoms with Crippen LogP contribution in [0.3, 0.4) is 0 Å². The van der Waals surface area contributed by atoms with Gasteiger partial charge in [-0.1, -0.05) is 82.3 Å². The number of methoxy groups -OCH3 is 1. The standard InChI is InChI=1S/C33H41NO3/c1-7-32(36,8-2)18-17-26-11-16-30(19-24(26)5)33(9-3,10-4)29-14-12-27(13-15-29)28-20-25(22-34-23-28)21-31(35)37-6/h11-20,22-23,36H,7-10,21H2,1-6H3. The number of aryl methyl sites for hydroxylation is 1. The maximum absolute atomic E-state index is 11.7. The Bertz CT molecular complexity index is 1220. The predicted molar refractivity (Wildman–Crippen MR) is 152 cm³/mol. The Morgan fingerprint density at radius 1 is 0.892 bits per heavy atom. The molecule has 196 valence electrons. The molecule has 1 aromatic heterocycles. The summed E-state index contributed by atoms with van der Waals surface area (Å²) in [5, 5.41) is 10.6. The number of hydrogen-bond acceptors (Lipinski definition) is 4. The van der Waals surface area contributed by atoms with Gasteiger partial charge in [0.1, 0.15) is 0 Å². The van der Waals surface area contributed by atoms with Crippen molar-refractivity contribution in [3.8, 4) is 11.1 Å². The van der Waals surface area contributed by atoms with Gasteiger partial charge in [-0.25, -0.2) is 0 Å². The van der Waals surface area contributed by atoms with E-state index < -0.39 is 5.60 Å². The van der Waals surface area contributed by atoms with Crippen molar-refractivity contribution < 1.29 is 14.6 Å². The Hall–Kier alpha value is -3.24. The Balaban J connectivity index is 1.92. The maximum Gasteiger partial charge on any atom is 0.310 e. The number of benzene rings is 2. The van der Waals surface area contributed by atoms with Crippen LogP contribution in [0.4, 0.5) is 0 Å². The highest BCUT2D eigenvalue weighted by Crippen LogP contribution is 2.40. The molecular formula is C33H41NO3. The lowest BCUT2D eigenvalue weighted by atomic mass is 9.70. The molecule has 3 rings (SSSR count). The zero-order chi connectivity index (χ0) is 27.1. The molecule has 37 heavy (non-hydrogen) atoms. The fourth-order valence-electron chi connectivity index (χ4n) is 5.09. The van der Waals surface area contributed by atoms with E-state index in [1.54, 1.807) is 6.20 Å². The van der Waals surface area contributed by atoms with Crippen LogP contribution in [0.15, 0.2) is 67.0 Å². The third-order valence-corrected chi connectivity index (χ3v) is 7.97. The molecule has 0 fully saturated rings. The van der Waals surface area contributed by atoms with Crippen molar-refractivity contribution in [3.63, 3.8) is 0 Å². The molecule has 0 radical (unpaired) electrons. The number of pyridine rings is 1. The number of aliphatic hydroxyl groups is 1. The Kier molecular flexibility index (Phi) is 9.45. The lowest BCUT2D eigenvalue weighted by Crippen LogP contribution is -2.26. The third kappa shape index (κ3) is 6.37. The van der Waals surface area contributed by atoms with Crippen molar-refractivity contribution in [2.75, 3.05) is 7.11 Å². The molecule has 0 amide bonds. The molecule has 0 aliphatic carbocycles. The van der Waals surface area contributed by atoms with E-state index in [9.17, 15) is 9.90 Å². The molecule has 4 heteroatoms. The van der Waals surface area contributed by atoms with Gasteiger partial charge in [0.15, 0.2) is 0 Å². The average Bonchev–Trinajstić information content (AvgIpc) is 2.93. The monoisotopic (exact) mass is 499 g/mol. The average molecular weight is 500 g/mol. The van der Waals surface area contributed by atoms with Crippen LogP contribution < -0.4 is 0 Å². The minimum absolute atomic E-state index is 0.0932. The fraction of sp³-hybridized carbons (Fsp3) is 0.394. The van der Waals surface area contributed by atoms with Gasteiger partial charge in [-0.3, -0.25) is 9.78 Å². The Morgan fingerprint density at radius 3 is 2.11 bits per heavy atom.